The highest BCUT2D eigenvalue weighted by Gasteiger charge is 2.15. The molecule has 0 unspecified atom stereocenters. The largest absolute Gasteiger partial charge is 0.387 e. The molecule has 1 atom stereocenters. The van der Waals surface area contributed by atoms with Crippen molar-refractivity contribution in [2.75, 3.05) is 6.54 Å². The maximum atomic E-state index is 12.0. The maximum absolute atomic E-state index is 12.0. The number of benzene rings is 2. The number of rotatable bonds is 5. The van der Waals surface area contributed by atoms with E-state index in [0.717, 1.165) is 0 Å². The molecule has 0 radical (unpaired) electrons. The molecular weight excluding hydrogens is 343 g/mol. The Labute approximate surface area is 141 Å². The Balaban J connectivity index is 2.01. The molecule has 8 heteroatoms. The van der Waals surface area contributed by atoms with Crippen LogP contribution in [-0.2, 0) is 0 Å². The zero-order chi connectivity index (χ0) is 17.0. The molecule has 120 valence electrons. The first-order valence-corrected chi connectivity index (χ1v) is 7.30. The van der Waals surface area contributed by atoms with Crippen LogP contribution in [0.5, 0.6) is 0 Å². The molecule has 0 aromatic heterocycles. The summed E-state index contributed by atoms with van der Waals surface area (Å²) in [5.74, 6) is -0.474. The molecule has 0 saturated carbocycles. The van der Waals surface area contributed by atoms with E-state index in [1.54, 1.807) is 12.1 Å². The SMILES string of the molecule is O=C(NC[C@H](O)c1ccc([N+](=O)[O-])cc1)c1cccc(Cl)c1Cl. The second-order valence-corrected chi connectivity index (χ2v) is 5.46. The highest BCUT2D eigenvalue weighted by atomic mass is 35.5. The van der Waals surface area contributed by atoms with Crippen LogP contribution in [0.3, 0.4) is 0 Å². The van der Waals surface area contributed by atoms with Crippen LogP contribution in [-0.4, -0.2) is 22.5 Å². The van der Waals surface area contributed by atoms with Gasteiger partial charge in [0, 0.05) is 18.7 Å². The zero-order valence-corrected chi connectivity index (χ0v) is 13.2. The van der Waals surface area contributed by atoms with E-state index in [9.17, 15) is 20.0 Å². The summed E-state index contributed by atoms with van der Waals surface area (Å²) in [7, 11) is 0. The highest BCUT2D eigenvalue weighted by Crippen LogP contribution is 2.25. The van der Waals surface area contributed by atoms with Gasteiger partial charge in [-0.1, -0.05) is 29.3 Å². The average molecular weight is 355 g/mol. The number of aliphatic hydroxyl groups is 1. The summed E-state index contributed by atoms with van der Waals surface area (Å²) in [4.78, 5) is 22.1. The van der Waals surface area contributed by atoms with Gasteiger partial charge >= 0.3 is 0 Å². The minimum atomic E-state index is -1.00. The number of nitrogens with zero attached hydrogens (tertiary/aromatic N) is 1. The molecule has 2 rings (SSSR count). The quantitative estimate of drug-likeness (QED) is 0.635. The van der Waals surface area contributed by atoms with E-state index in [1.165, 1.54) is 30.3 Å². The summed E-state index contributed by atoms with van der Waals surface area (Å²) >= 11 is 11.8. The maximum Gasteiger partial charge on any atom is 0.269 e. The predicted molar refractivity (Wildman–Crippen MR) is 86.9 cm³/mol. The lowest BCUT2D eigenvalue weighted by Crippen LogP contribution is -2.28. The number of halogens is 2. The molecule has 2 aromatic carbocycles. The van der Waals surface area contributed by atoms with Gasteiger partial charge in [-0.3, -0.25) is 14.9 Å². The van der Waals surface area contributed by atoms with Crippen LogP contribution in [0, 0.1) is 10.1 Å². The third-order valence-corrected chi connectivity index (χ3v) is 3.96. The molecule has 0 aliphatic carbocycles. The molecule has 2 N–H and O–H groups in total. The number of amides is 1. The lowest BCUT2D eigenvalue weighted by atomic mass is 10.1. The van der Waals surface area contributed by atoms with Gasteiger partial charge < -0.3 is 10.4 Å². The van der Waals surface area contributed by atoms with Crippen molar-refractivity contribution in [2.45, 2.75) is 6.10 Å². The molecule has 0 aliphatic rings. The van der Waals surface area contributed by atoms with Crippen LogP contribution in [0.25, 0.3) is 0 Å². The molecular formula is C15H12Cl2N2O4. The second-order valence-electron chi connectivity index (χ2n) is 4.68. The Bertz CT molecular complexity index is 735. The van der Waals surface area contributed by atoms with E-state index in [1.807, 2.05) is 0 Å². The molecule has 0 saturated heterocycles. The number of aliphatic hydroxyl groups excluding tert-OH is 1. The van der Waals surface area contributed by atoms with E-state index in [4.69, 9.17) is 23.2 Å². The van der Waals surface area contributed by atoms with Crippen molar-refractivity contribution in [2.24, 2.45) is 0 Å². The molecule has 0 spiro atoms. The Morgan fingerprint density at radius 2 is 1.87 bits per heavy atom. The van der Waals surface area contributed by atoms with Crippen LogP contribution in [0.1, 0.15) is 22.0 Å². The van der Waals surface area contributed by atoms with E-state index in [2.05, 4.69) is 5.32 Å². The third kappa shape index (κ3) is 4.19. The minimum absolute atomic E-state index is 0.0700. The monoisotopic (exact) mass is 354 g/mol. The van der Waals surface area contributed by atoms with Gasteiger partial charge in [0.25, 0.3) is 11.6 Å². The smallest absolute Gasteiger partial charge is 0.269 e. The Kier molecular flexibility index (Phi) is 5.54. The molecule has 0 fully saturated rings. The van der Waals surface area contributed by atoms with E-state index < -0.39 is 16.9 Å². The highest BCUT2D eigenvalue weighted by molar-refractivity contribution is 6.43. The van der Waals surface area contributed by atoms with Crippen LogP contribution >= 0.6 is 23.2 Å². The van der Waals surface area contributed by atoms with Gasteiger partial charge in [-0.25, -0.2) is 0 Å². The van der Waals surface area contributed by atoms with E-state index in [0.29, 0.717) is 5.56 Å². The Hall–Kier alpha value is -2.15. The summed E-state index contributed by atoms with van der Waals surface area (Å²) < 4.78 is 0. The number of nitro groups is 1. The van der Waals surface area contributed by atoms with Gasteiger partial charge in [0.2, 0.25) is 0 Å². The molecule has 23 heavy (non-hydrogen) atoms. The average Bonchev–Trinajstić information content (AvgIpc) is 2.55. The number of carbonyl (C=O) groups excluding carboxylic acids is 1. The van der Waals surface area contributed by atoms with Gasteiger partial charge in [-0.15, -0.1) is 0 Å². The second kappa shape index (κ2) is 7.41. The van der Waals surface area contributed by atoms with Crippen molar-refractivity contribution in [3.63, 3.8) is 0 Å². The van der Waals surface area contributed by atoms with Crippen molar-refractivity contribution in [1.29, 1.82) is 0 Å². The number of hydrogen-bond donors (Lipinski definition) is 2. The minimum Gasteiger partial charge on any atom is -0.387 e. The lowest BCUT2D eigenvalue weighted by Gasteiger charge is -2.13. The number of non-ortho nitro benzene ring substituents is 1. The number of hydrogen-bond acceptors (Lipinski definition) is 4. The van der Waals surface area contributed by atoms with Gasteiger partial charge in [0.15, 0.2) is 0 Å². The van der Waals surface area contributed by atoms with Crippen molar-refractivity contribution in [3.8, 4) is 0 Å². The first-order valence-electron chi connectivity index (χ1n) is 6.54. The van der Waals surface area contributed by atoms with Crippen LogP contribution in [0.2, 0.25) is 10.0 Å². The molecule has 0 heterocycles. The summed E-state index contributed by atoms with van der Waals surface area (Å²) in [5.41, 5.74) is 0.582. The first-order chi connectivity index (χ1) is 10.9. The summed E-state index contributed by atoms with van der Waals surface area (Å²) in [6.07, 6.45) is -1.00. The van der Waals surface area contributed by atoms with Gasteiger partial charge in [-0.05, 0) is 29.8 Å². The summed E-state index contributed by atoms with van der Waals surface area (Å²) in [6, 6.07) is 10.1. The number of carbonyl (C=O) groups is 1. The fourth-order valence-corrected chi connectivity index (χ4v) is 2.29. The summed E-state index contributed by atoms with van der Waals surface area (Å²) in [5, 5.41) is 23.5. The molecule has 1 amide bonds. The van der Waals surface area contributed by atoms with Crippen molar-refractivity contribution in [3.05, 3.63) is 73.8 Å². The predicted octanol–water partition coefficient (Wildman–Crippen LogP) is 3.37. The lowest BCUT2D eigenvalue weighted by molar-refractivity contribution is -0.384. The van der Waals surface area contributed by atoms with E-state index >= 15 is 0 Å². The fourth-order valence-electron chi connectivity index (χ4n) is 1.90. The zero-order valence-electron chi connectivity index (χ0n) is 11.7. The number of nitrogens with one attached hydrogen (secondary N) is 1. The molecule has 0 aliphatic heterocycles. The topological polar surface area (TPSA) is 92.5 Å². The number of nitro benzene ring substituents is 1. The van der Waals surface area contributed by atoms with Crippen molar-refractivity contribution in [1.82, 2.24) is 5.32 Å². The van der Waals surface area contributed by atoms with Gasteiger partial charge in [-0.2, -0.15) is 0 Å². The molecule has 2 aromatic rings. The van der Waals surface area contributed by atoms with Crippen molar-refractivity contribution < 1.29 is 14.8 Å². The van der Waals surface area contributed by atoms with Crippen LogP contribution in [0.15, 0.2) is 42.5 Å². The standard InChI is InChI=1S/C15H12Cl2N2O4/c16-12-3-1-2-11(14(12)17)15(21)18-8-13(20)9-4-6-10(7-5-9)19(22)23/h1-7,13,20H,8H2,(H,18,21)/t13-/m0/s1. The fraction of sp³-hybridized carbons (Fsp3) is 0.133. The van der Waals surface area contributed by atoms with Crippen LogP contribution < -0.4 is 5.32 Å². The first kappa shape index (κ1) is 17.2. The van der Waals surface area contributed by atoms with Gasteiger partial charge in [0.1, 0.15) is 0 Å². The molecule has 6 nitrogen and oxygen atoms in total. The van der Waals surface area contributed by atoms with Crippen LogP contribution in [0.4, 0.5) is 5.69 Å². The van der Waals surface area contributed by atoms with Crippen molar-refractivity contribution >= 4 is 34.8 Å². The van der Waals surface area contributed by atoms with E-state index in [-0.39, 0.29) is 27.8 Å². The van der Waals surface area contributed by atoms with Gasteiger partial charge in [0.05, 0.1) is 26.6 Å². The Morgan fingerprint density at radius 1 is 1.22 bits per heavy atom. The normalized spacial score (nSPS) is 11.8. The summed E-state index contributed by atoms with van der Waals surface area (Å²) in [6.45, 7) is -0.0700. The molecule has 0 bridgehead atoms. The third-order valence-electron chi connectivity index (χ3n) is 3.14. The Morgan fingerprint density at radius 3 is 2.48 bits per heavy atom.